The van der Waals surface area contributed by atoms with Crippen molar-refractivity contribution in [3.05, 3.63) is 35.4 Å². The Bertz CT molecular complexity index is 402. The molecule has 4 nitrogen and oxygen atoms in total. The van der Waals surface area contributed by atoms with E-state index >= 15 is 0 Å². The predicted molar refractivity (Wildman–Crippen MR) is 79.6 cm³/mol. The highest BCUT2D eigenvalue weighted by molar-refractivity contribution is 5.94. The van der Waals surface area contributed by atoms with Crippen molar-refractivity contribution >= 4 is 5.91 Å². The van der Waals surface area contributed by atoms with Gasteiger partial charge in [0.2, 0.25) is 0 Å². The van der Waals surface area contributed by atoms with Crippen LogP contribution in [-0.2, 0) is 11.3 Å². The molecule has 1 rings (SSSR count). The summed E-state index contributed by atoms with van der Waals surface area (Å²) in [6.07, 6.45) is 1.68. The maximum Gasteiger partial charge on any atom is 0.251 e. The minimum absolute atomic E-state index is 0.0903. The lowest BCUT2D eigenvalue weighted by molar-refractivity contribution is 0.0851. The summed E-state index contributed by atoms with van der Waals surface area (Å²) in [5.74, 6) is -0.103. The maximum absolute atomic E-state index is 12.1. The first kappa shape index (κ1) is 16.7. The minimum Gasteiger partial charge on any atom is -0.396 e. The zero-order chi connectivity index (χ0) is 15.0. The smallest absolute Gasteiger partial charge is 0.251 e. The van der Waals surface area contributed by atoms with Gasteiger partial charge in [-0.15, -0.1) is 0 Å². The lowest BCUT2D eigenvalue weighted by atomic mass is 9.83. The number of ether oxygens (including phenoxy) is 1. The van der Waals surface area contributed by atoms with Crippen LogP contribution in [0.15, 0.2) is 24.3 Å². The Morgan fingerprint density at radius 1 is 1.25 bits per heavy atom. The summed E-state index contributed by atoms with van der Waals surface area (Å²) in [5.41, 5.74) is 1.45. The number of carbonyl (C=O) groups excluding carboxylic acids is 1. The van der Waals surface area contributed by atoms with Crippen molar-refractivity contribution in [1.82, 2.24) is 5.32 Å². The number of methoxy groups -OCH3 is 1. The summed E-state index contributed by atoms with van der Waals surface area (Å²) in [5, 5.41) is 12.4. The molecule has 0 saturated heterocycles. The lowest BCUT2D eigenvalue weighted by Crippen LogP contribution is -2.39. The van der Waals surface area contributed by atoms with Gasteiger partial charge in [0, 0.05) is 24.6 Å². The van der Waals surface area contributed by atoms with Crippen LogP contribution in [0.5, 0.6) is 0 Å². The molecule has 1 amide bonds. The van der Waals surface area contributed by atoms with Gasteiger partial charge in [0.1, 0.15) is 0 Å². The third-order valence-corrected chi connectivity index (χ3v) is 3.99. The van der Waals surface area contributed by atoms with E-state index in [1.807, 2.05) is 26.0 Å². The van der Waals surface area contributed by atoms with Gasteiger partial charge in [0.05, 0.1) is 13.2 Å². The Balaban J connectivity index is 2.62. The normalized spacial score (nSPS) is 11.4. The van der Waals surface area contributed by atoms with Gasteiger partial charge in [-0.3, -0.25) is 4.79 Å². The minimum atomic E-state index is -0.217. The van der Waals surface area contributed by atoms with Crippen molar-refractivity contribution in [2.75, 3.05) is 20.3 Å². The van der Waals surface area contributed by atoms with E-state index in [4.69, 9.17) is 4.74 Å². The van der Waals surface area contributed by atoms with Crippen molar-refractivity contribution in [3.8, 4) is 0 Å². The largest absolute Gasteiger partial charge is 0.396 e. The van der Waals surface area contributed by atoms with Crippen molar-refractivity contribution in [1.29, 1.82) is 0 Å². The van der Waals surface area contributed by atoms with Crippen LogP contribution in [0, 0.1) is 5.41 Å². The fraction of sp³-hybridized carbons (Fsp3) is 0.562. The molecule has 0 aliphatic carbocycles. The quantitative estimate of drug-likeness (QED) is 0.768. The zero-order valence-corrected chi connectivity index (χ0v) is 12.6. The van der Waals surface area contributed by atoms with Crippen LogP contribution in [0.4, 0.5) is 0 Å². The monoisotopic (exact) mass is 279 g/mol. The molecule has 1 aromatic carbocycles. The number of amides is 1. The van der Waals surface area contributed by atoms with Crippen LogP contribution in [0.2, 0.25) is 0 Å². The molecule has 0 bridgehead atoms. The summed E-state index contributed by atoms with van der Waals surface area (Å²) >= 11 is 0. The van der Waals surface area contributed by atoms with E-state index in [0.29, 0.717) is 18.7 Å². The fourth-order valence-electron chi connectivity index (χ4n) is 2.07. The van der Waals surface area contributed by atoms with Gasteiger partial charge >= 0.3 is 0 Å². The number of carbonyl (C=O) groups is 1. The Kier molecular flexibility index (Phi) is 6.68. The van der Waals surface area contributed by atoms with E-state index in [-0.39, 0.29) is 17.9 Å². The molecule has 0 spiro atoms. The molecule has 0 fully saturated rings. The van der Waals surface area contributed by atoms with Gasteiger partial charge in [-0.05, 0) is 30.5 Å². The van der Waals surface area contributed by atoms with E-state index in [0.717, 1.165) is 18.4 Å². The molecule has 20 heavy (non-hydrogen) atoms. The molecule has 0 aliphatic rings. The molecule has 1 aromatic rings. The Morgan fingerprint density at radius 2 is 1.85 bits per heavy atom. The highest BCUT2D eigenvalue weighted by Gasteiger charge is 2.25. The summed E-state index contributed by atoms with van der Waals surface area (Å²) in [7, 11) is 1.64. The Morgan fingerprint density at radius 3 is 2.30 bits per heavy atom. The van der Waals surface area contributed by atoms with Crippen molar-refractivity contribution in [2.24, 2.45) is 5.41 Å². The molecule has 112 valence electrons. The SMILES string of the molecule is CCC(CC)(CO)CNC(=O)c1ccc(COC)cc1. The number of hydrogen-bond donors (Lipinski definition) is 2. The molecular formula is C16H25NO3. The molecule has 0 radical (unpaired) electrons. The fourth-order valence-corrected chi connectivity index (χ4v) is 2.07. The van der Waals surface area contributed by atoms with Crippen LogP contribution < -0.4 is 5.32 Å². The average Bonchev–Trinajstić information content (AvgIpc) is 2.50. The highest BCUT2D eigenvalue weighted by Crippen LogP contribution is 2.24. The molecular weight excluding hydrogens is 254 g/mol. The van der Waals surface area contributed by atoms with Crippen molar-refractivity contribution < 1.29 is 14.6 Å². The van der Waals surface area contributed by atoms with Crippen LogP contribution in [-0.4, -0.2) is 31.3 Å². The second-order valence-corrected chi connectivity index (χ2v) is 5.18. The number of nitrogens with one attached hydrogen (secondary N) is 1. The molecule has 0 atom stereocenters. The number of aliphatic hydroxyl groups is 1. The molecule has 2 N–H and O–H groups in total. The molecule has 0 aliphatic heterocycles. The van der Waals surface area contributed by atoms with Crippen molar-refractivity contribution in [3.63, 3.8) is 0 Å². The zero-order valence-electron chi connectivity index (χ0n) is 12.6. The second-order valence-electron chi connectivity index (χ2n) is 5.18. The van der Waals surface area contributed by atoms with E-state index in [1.54, 1.807) is 19.2 Å². The summed E-state index contributed by atoms with van der Waals surface area (Å²) in [4.78, 5) is 12.1. The first-order valence-corrected chi connectivity index (χ1v) is 7.07. The van der Waals surface area contributed by atoms with Crippen LogP contribution in [0.1, 0.15) is 42.6 Å². The molecule has 0 saturated carbocycles. The van der Waals surface area contributed by atoms with Crippen molar-refractivity contribution in [2.45, 2.75) is 33.3 Å². The third-order valence-electron chi connectivity index (χ3n) is 3.99. The second kappa shape index (κ2) is 8.02. The van der Waals surface area contributed by atoms with Crippen LogP contribution in [0.3, 0.4) is 0 Å². The molecule has 4 heteroatoms. The topological polar surface area (TPSA) is 58.6 Å². The molecule has 0 unspecified atom stereocenters. The van der Waals surface area contributed by atoms with Gasteiger partial charge in [-0.2, -0.15) is 0 Å². The van der Waals surface area contributed by atoms with Gasteiger partial charge < -0.3 is 15.2 Å². The lowest BCUT2D eigenvalue weighted by Gasteiger charge is -2.29. The Hall–Kier alpha value is -1.39. The summed E-state index contributed by atoms with van der Waals surface area (Å²) in [6.45, 7) is 5.19. The van der Waals surface area contributed by atoms with Gasteiger partial charge in [0.15, 0.2) is 0 Å². The van der Waals surface area contributed by atoms with Crippen LogP contribution in [0.25, 0.3) is 0 Å². The van der Waals surface area contributed by atoms with Crippen LogP contribution >= 0.6 is 0 Å². The molecule has 0 aromatic heterocycles. The third kappa shape index (κ3) is 4.32. The van der Waals surface area contributed by atoms with E-state index in [2.05, 4.69) is 5.32 Å². The van der Waals surface area contributed by atoms with Gasteiger partial charge in [0.25, 0.3) is 5.91 Å². The van der Waals surface area contributed by atoms with E-state index < -0.39 is 0 Å². The average molecular weight is 279 g/mol. The highest BCUT2D eigenvalue weighted by atomic mass is 16.5. The van der Waals surface area contributed by atoms with E-state index in [9.17, 15) is 9.90 Å². The van der Waals surface area contributed by atoms with Gasteiger partial charge in [-0.1, -0.05) is 26.0 Å². The Labute approximate surface area is 121 Å². The predicted octanol–water partition coefficient (Wildman–Crippen LogP) is 2.36. The summed E-state index contributed by atoms with van der Waals surface area (Å²) in [6, 6.07) is 7.36. The molecule has 0 heterocycles. The number of rotatable bonds is 8. The first-order chi connectivity index (χ1) is 9.60. The van der Waals surface area contributed by atoms with Gasteiger partial charge in [-0.25, -0.2) is 0 Å². The standard InChI is InChI=1S/C16H25NO3/c1-4-16(5-2,12-18)11-17-15(19)14-8-6-13(7-9-14)10-20-3/h6-9,18H,4-5,10-12H2,1-3H3,(H,17,19). The number of aliphatic hydroxyl groups excluding tert-OH is 1. The maximum atomic E-state index is 12.1. The van der Waals surface area contributed by atoms with E-state index in [1.165, 1.54) is 0 Å². The number of benzene rings is 1. The first-order valence-electron chi connectivity index (χ1n) is 7.07. The summed E-state index contributed by atoms with van der Waals surface area (Å²) < 4.78 is 5.04. The number of hydrogen-bond acceptors (Lipinski definition) is 3.